The molecular weight excluding hydrogens is 310 g/mol. The Morgan fingerprint density at radius 1 is 1.38 bits per heavy atom. The van der Waals surface area contributed by atoms with Crippen LogP contribution >= 0.6 is 0 Å². The summed E-state index contributed by atoms with van der Waals surface area (Å²) in [6.45, 7) is 2.13. The quantitative estimate of drug-likeness (QED) is 0.462. The molecule has 2 unspecified atom stereocenters. The van der Waals surface area contributed by atoms with E-state index in [9.17, 15) is 9.59 Å². The van der Waals surface area contributed by atoms with E-state index < -0.39 is 0 Å². The molecule has 0 aromatic rings. The van der Waals surface area contributed by atoms with E-state index in [-0.39, 0.29) is 30.5 Å². The summed E-state index contributed by atoms with van der Waals surface area (Å²) in [5.41, 5.74) is 0. The van der Waals surface area contributed by atoms with Crippen molar-refractivity contribution in [3.63, 3.8) is 0 Å². The molecule has 0 saturated carbocycles. The molecule has 136 valence electrons. The Kier molecular flexibility index (Phi) is 7.30. The van der Waals surface area contributed by atoms with Crippen LogP contribution in [-0.2, 0) is 14.3 Å². The van der Waals surface area contributed by atoms with Crippen molar-refractivity contribution in [2.24, 2.45) is 4.99 Å². The fourth-order valence-electron chi connectivity index (χ4n) is 2.67. The van der Waals surface area contributed by atoms with Crippen molar-refractivity contribution in [2.75, 3.05) is 40.3 Å². The summed E-state index contributed by atoms with van der Waals surface area (Å²) in [6, 6.07) is 0.121. The van der Waals surface area contributed by atoms with E-state index in [1.54, 1.807) is 14.1 Å². The van der Waals surface area contributed by atoms with Gasteiger partial charge in [-0.15, -0.1) is 0 Å². The number of likely N-dealkylation sites (N-methyl/N-ethyl adjacent to an activating group) is 1. The fourth-order valence-corrected chi connectivity index (χ4v) is 2.67. The van der Waals surface area contributed by atoms with Crippen molar-refractivity contribution in [3.05, 3.63) is 0 Å². The largest absolute Gasteiger partial charge is 0.376 e. The number of nitrogens with one attached hydrogen (secondary N) is 3. The normalized spacial score (nSPS) is 24.9. The van der Waals surface area contributed by atoms with E-state index in [4.69, 9.17) is 4.74 Å². The van der Waals surface area contributed by atoms with Gasteiger partial charge >= 0.3 is 0 Å². The molecule has 0 aliphatic carbocycles. The smallest absolute Gasteiger partial charge is 0.243 e. The highest BCUT2D eigenvalue weighted by Crippen LogP contribution is 2.11. The molecule has 2 aliphatic rings. The number of piperidine rings is 1. The second-order valence-corrected chi connectivity index (χ2v) is 6.51. The summed E-state index contributed by atoms with van der Waals surface area (Å²) >= 11 is 0. The molecule has 2 heterocycles. The molecule has 0 bridgehead atoms. The van der Waals surface area contributed by atoms with Crippen LogP contribution in [0, 0.1) is 0 Å². The fraction of sp³-hybridized carbons (Fsp3) is 0.812. The number of carbonyl (C=O) groups excluding carboxylic acids is 2. The van der Waals surface area contributed by atoms with Crippen molar-refractivity contribution < 1.29 is 14.3 Å². The van der Waals surface area contributed by atoms with Gasteiger partial charge in [0.25, 0.3) is 0 Å². The molecule has 24 heavy (non-hydrogen) atoms. The summed E-state index contributed by atoms with van der Waals surface area (Å²) < 4.78 is 5.72. The Morgan fingerprint density at radius 3 is 2.83 bits per heavy atom. The van der Waals surface area contributed by atoms with Gasteiger partial charge in [0.05, 0.1) is 6.10 Å². The maximum Gasteiger partial charge on any atom is 0.243 e. The highest BCUT2D eigenvalue weighted by molar-refractivity contribution is 5.85. The second kappa shape index (κ2) is 9.46. The van der Waals surface area contributed by atoms with Crippen LogP contribution in [0.4, 0.5) is 0 Å². The van der Waals surface area contributed by atoms with Crippen molar-refractivity contribution in [1.29, 1.82) is 0 Å². The monoisotopic (exact) mass is 339 g/mol. The van der Waals surface area contributed by atoms with Gasteiger partial charge in [0, 0.05) is 46.3 Å². The number of ether oxygens (including phenoxy) is 1. The van der Waals surface area contributed by atoms with Crippen molar-refractivity contribution in [1.82, 2.24) is 20.9 Å². The molecule has 8 nitrogen and oxygen atoms in total. The minimum absolute atomic E-state index is 0.0537. The first-order chi connectivity index (χ1) is 11.5. The molecule has 2 fully saturated rings. The van der Waals surface area contributed by atoms with Gasteiger partial charge in [0.2, 0.25) is 11.8 Å². The molecular formula is C16H29N5O3. The standard InChI is InChI=1S/C16H29N5O3/c1-21(2)15(23)11-19-16(18-10-13-5-3-4-8-24-13)20-12-6-7-14(22)17-9-12/h12-13H,3-11H2,1-2H3,(H,17,22)(H2,18,19,20). The molecule has 2 saturated heterocycles. The van der Waals surface area contributed by atoms with Crippen LogP contribution in [0.5, 0.6) is 0 Å². The summed E-state index contributed by atoms with van der Waals surface area (Å²) in [4.78, 5) is 28.9. The Bertz CT molecular complexity index is 451. The zero-order chi connectivity index (χ0) is 17.4. The number of aliphatic imine (C=N–C) groups is 1. The maximum absolute atomic E-state index is 11.8. The van der Waals surface area contributed by atoms with Crippen molar-refractivity contribution >= 4 is 17.8 Å². The maximum atomic E-state index is 11.8. The first-order valence-electron chi connectivity index (χ1n) is 8.68. The summed E-state index contributed by atoms with van der Waals surface area (Å²) in [5, 5.41) is 9.42. The Labute approximate surface area is 143 Å². The Hall–Kier alpha value is -1.83. The van der Waals surface area contributed by atoms with Crippen LogP contribution in [0.25, 0.3) is 0 Å². The van der Waals surface area contributed by atoms with E-state index in [0.717, 1.165) is 25.9 Å². The lowest BCUT2D eigenvalue weighted by atomic mass is 10.1. The lowest BCUT2D eigenvalue weighted by Gasteiger charge is -2.27. The van der Waals surface area contributed by atoms with E-state index in [1.165, 1.54) is 11.3 Å². The molecule has 3 N–H and O–H groups in total. The minimum atomic E-state index is -0.0537. The molecule has 2 atom stereocenters. The van der Waals surface area contributed by atoms with Gasteiger partial charge in [-0.1, -0.05) is 0 Å². The topological polar surface area (TPSA) is 95.1 Å². The van der Waals surface area contributed by atoms with Crippen LogP contribution in [-0.4, -0.2) is 75.2 Å². The van der Waals surface area contributed by atoms with Gasteiger partial charge in [0.1, 0.15) is 6.54 Å². The van der Waals surface area contributed by atoms with Gasteiger partial charge < -0.3 is 25.6 Å². The van der Waals surface area contributed by atoms with Crippen LogP contribution in [0.1, 0.15) is 32.1 Å². The van der Waals surface area contributed by atoms with Gasteiger partial charge in [-0.25, -0.2) is 4.99 Å². The second-order valence-electron chi connectivity index (χ2n) is 6.51. The molecule has 0 aromatic heterocycles. The minimum Gasteiger partial charge on any atom is -0.376 e. The molecule has 0 aromatic carbocycles. The van der Waals surface area contributed by atoms with Crippen molar-refractivity contribution in [2.45, 2.75) is 44.2 Å². The zero-order valence-electron chi connectivity index (χ0n) is 14.6. The van der Waals surface area contributed by atoms with Crippen LogP contribution in [0.2, 0.25) is 0 Å². The number of hydrogen-bond acceptors (Lipinski definition) is 4. The number of carbonyl (C=O) groups is 2. The molecule has 0 radical (unpaired) electrons. The Morgan fingerprint density at radius 2 is 2.21 bits per heavy atom. The number of amides is 2. The van der Waals surface area contributed by atoms with Gasteiger partial charge in [-0.2, -0.15) is 0 Å². The third-order valence-electron chi connectivity index (χ3n) is 4.25. The van der Waals surface area contributed by atoms with E-state index in [0.29, 0.717) is 25.5 Å². The summed E-state index contributed by atoms with van der Waals surface area (Å²) in [7, 11) is 3.43. The van der Waals surface area contributed by atoms with Gasteiger partial charge in [-0.3, -0.25) is 9.59 Å². The molecule has 0 spiro atoms. The average Bonchev–Trinajstić information content (AvgIpc) is 2.59. The van der Waals surface area contributed by atoms with Crippen LogP contribution in [0.3, 0.4) is 0 Å². The third-order valence-corrected chi connectivity index (χ3v) is 4.25. The molecule has 2 rings (SSSR count). The van der Waals surface area contributed by atoms with E-state index in [2.05, 4.69) is 20.9 Å². The predicted molar refractivity (Wildman–Crippen MR) is 91.8 cm³/mol. The molecule has 2 amide bonds. The number of hydrogen-bond donors (Lipinski definition) is 3. The van der Waals surface area contributed by atoms with Crippen LogP contribution in [0.15, 0.2) is 4.99 Å². The van der Waals surface area contributed by atoms with Crippen molar-refractivity contribution in [3.8, 4) is 0 Å². The SMILES string of the molecule is CN(C)C(=O)CN=C(NCC1CCCCO1)NC1CCC(=O)NC1. The summed E-state index contributed by atoms with van der Waals surface area (Å²) in [6.07, 6.45) is 4.79. The predicted octanol–water partition coefficient (Wildman–Crippen LogP) is -0.542. The highest BCUT2D eigenvalue weighted by Gasteiger charge is 2.20. The number of rotatable bonds is 5. The highest BCUT2D eigenvalue weighted by atomic mass is 16.5. The lowest BCUT2D eigenvalue weighted by molar-refractivity contribution is -0.127. The summed E-state index contributed by atoms with van der Waals surface area (Å²) in [5.74, 6) is 0.625. The van der Waals surface area contributed by atoms with Crippen LogP contribution < -0.4 is 16.0 Å². The van der Waals surface area contributed by atoms with Gasteiger partial charge in [0.15, 0.2) is 5.96 Å². The molecule has 2 aliphatic heterocycles. The van der Waals surface area contributed by atoms with E-state index >= 15 is 0 Å². The molecule has 8 heteroatoms. The number of guanidine groups is 1. The Balaban J connectivity index is 1.88. The lowest BCUT2D eigenvalue weighted by Crippen LogP contribution is -2.52. The van der Waals surface area contributed by atoms with Gasteiger partial charge in [-0.05, 0) is 25.7 Å². The zero-order valence-corrected chi connectivity index (χ0v) is 14.6. The first kappa shape index (κ1) is 18.5. The third kappa shape index (κ3) is 6.35. The number of nitrogens with zero attached hydrogens (tertiary/aromatic N) is 2. The first-order valence-corrected chi connectivity index (χ1v) is 8.68. The average molecular weight is 339 g/mol. The van der Waals surface area contributed by atoms with E-state index in [1.807, 2.05) is 0 Å².